The fourth-order valence-corrected chi connectivity index (χ4v) is 3.24. The highest BCUT2D eigenvalue weighted by molar-refractivity contribution is 14.1. The summed E-state index contributed by atoms with van der Waals surface area (Å²) in [6.07, 6.45) is 4.52. The number of aromatic nitrogens is 1. The minimum Gasteiger partial charge on any atom is -0.477 e. The first-order valence-corrected chi connectivity index (χ1v) is 7.45. The van der Waals surface area contributed by atoms with Crippen LogP contribution < -0.4 is 0 Å². The van der Waals surface area contributed by atoms with Gasteiger partial charge in [0.25, 0.3) is 0 Å². The van der Waals surface area contributed by atoms with E-state index in [9.17, 15) is 4.79 Å². The molecule has 0 saturated carbocycles. The van der Waals surface area contributed by atoms with Gasteiger partial charge in [-0.15, -0.1) is 0 Å². The maximum absolute atomic E-state index is 11.1. The standard InChI is InChI=1S/C13H19IN2O2/c1-10(7-15-4-2-3-5-15)8-16-9-11(14)6-12(16)13(17)18/h6,9-10H,2-5,7-8H2,1H3,(H,17,18). The molecule has 0 aromatic carbocycles. The molecule has 1 N–H and O–H groups in total. The summed E-state index contributed by atoms with van der Waals surface area (Å²) in [6, 6.07) is 1.73. The highest BCUT2D eigenvalue weighted by Crippen LogP contribution is 2.16. The molecule has 1 aliphatic heterocycles. The predicted octanol–water partition coefficient (Wildman–Crippen LogP) is 2.52. The van der Waals surface area contributed by atoms with Gasteiger partial charge >= 0.3 is 5.97 Å². The van der Waals surface area contributed by atoms with Crippen LogP contribution in [-0.4, -0.2) is 40.2 Å². The zero-order valence-corrected chi connectivity index (χ0v) is 12.8. The van der Waals surface area contributed by atoms with Crippen LogP contribution in [0, 0.1) is 9.49 Å². The lowest BCUT2D eigenvalue weighted by Gasteiger charge is -2.21. The Morgan fingerprint density at radius 2 is 2.11 bits per heavy atom. The Morgan fingerprint density at radius 3 is 2.72 bits per heavy atom. The molecule has 1 aliphatic rings. The fraction of sp³-hybridized carbons (Fsp3) is 0.615. The fourth-order valence-electron chi connectivity index (χ4n) is 2.60. The van der Waals surface area contributed by atoms with E-state index in [0.29, 0.717) is 11.6 Å². The van der Waals surface area contributed by atoms with Gasteiger partial charge in [0.15, 0.2) is 0 Å². The molecule has 1 saturated heterocycles. The summed E-state index contributed by atoms with van der Waals surface area (Å²) < 4.78 is 2.85. The molecule has 0 spiro atoms. The molecule has 0 bridgehead atoms. The van der Waals surface area contributed by atoms with Gasteiger partial charge < -0.3 is 14.6 Å². The molecule has 1 aromatic heterocycles. The Labute approximate surface area is 121 Å². The normalized spacial score (nSPS) is 18.1. The molecule has 2 heterocycles. The lowest BCUT2D eigenvalue weighted by molar-refractivity contribution is 0.0683. The third-order valence-electron chi connectivity index (χ3n) is 3.36. The van der Waals surface area contributed by atoms with Crippen molar-refractivity contribution < 1.29 is 9.90 Å². The smallest absolute Gasteiger partial charge is 0.352 e. The van der Waals surface area contributed by atoms with Crippen molar-refractivity contribution in [3.63, 3.8) is 0 Å². The topological polar surface area (TPSA) is 45.5 Å². The lowest BCUT2D eigenvalue weighted by Crippen LogP contribution is -2.28. The number of likely N-dealkylation sites (tertiary alicyclic amines) is 1. The summed E-state index contributed by atoms with van der Waals surface area (Å²) in [4.78, 5) is 13.6. The second kappa shape index (κ2) is 6.06. The summed E-state index contributed by atoms with van der Waals surface area (Å²) in [5.41, 5.74) is 0.396. The Hall–Kier alpha value is -0.560. The highest BCUT2D eigenvalue weighted by atomic mass is 127. The molecule has 1 unspecified atom stereocenters. The number of rotatable bonds is 5. The number of halogens is 1. The summed E-state index contributed by atoms with van der Waals surface area (Å²) >= 11 is 2.16. The van der Waals surface area contributed by atoms with Crippen molar-refractivity contribution in [1.82, 2.24) is 9.47 Å². The first-order valence-electron chi connectivity index (χ1n) is 6.37. The molecule has 1 aromatic rings. The van der Waals surface area contributed by atoms with E-state index in [0.717, 1.165) is 16.7 Å². The van der Waals surface area contributed by atoms with E-state index in [1.807, 2.05) is 10.8 Å². The van der Waals surface area contributed by atoms with Crippen LogP contribution in [0.25, 0.3) is 0 Å². The van der Waals surface area contributed by atoms with Crippen molar-refractivity contribution in [2.24, 2.45) is 5.92 Å². The molecule has 1 atom stereocenters. The van der Waals surface area contributed by atoms with Crippen LogP contribution in [0.15, 0.2) is 12.3 Å². The van der Waals surface area contributed by atoms with E-state index in [-0.39, 0.29) is 0 Å². The van der Waals surface area contributed by atoms with Gasteiger partial charge in [-0.05, 0) is 60.5 Å². The number of aromatic carboxylic acids is 1. The largest absolute Gasteiger partial charge is 0.477 e. The van der Waals surface area contributed by atoms with Crippen LogP contribution >= 0.6 is 22.6 Å². The first-order chi connectivity index (χ1) is 8.56. The van der Waals surface area contributed by atoms with E-state index in [2.05, 4.69) is 34.4 Å². The lowest BCUT2D eigenvalue weighted by atomic mass is 10.1. The Kier molecular flexibility index (Phi) is 4.66. The molecule has 0 aliphatic carbocycles. The van der Waals surface area contributed by atoms with E-state index in [1.165, 1.54) is 25.9 Å². The molecular formula is C13H19IN2O2. The number of carboxylic acid groups (broad SMARTS) is 1. The van der Waals surface area contributed by atoms with Crippen LogP contribution in [-0.2, 0) is 6.54 Å². The zero-order chi connectivity index (χ0) is 13.1. The van der Waals surface area contributed by atoms with Crippen LogP contribution in [0.4, 0.5) is 0 Å². The van der Waals surface area contributed by atoms with Crippen molar-refractivity contribution in [3.05, 3.63) is 21.5 Å². The number of nitrogens with zero attached hydrogens (tertiary/aromatic N) is 2. The number of hydrogen-bond donors (Lipinski definition) is 1. The van der Waals surface area contributed by atoms with Gasteiger partial charge in [0, 0.05) is 22.9 Å². The van der Waals surface area contributed by atoms with Gasteiger partial charge in [-0.1, -0.05) is 6.92 Å². The van der Waals surface area contributed by atoms with Crippen molar-refractivity contribution in [1.29, 1.82) is 0 Å². The monoisotopic (exact) mass is 362 g/mol. The Morgan fingerprint density at radius 1 is 1.44 bits per heavy atom. The third-order valence-corrected chi connectivity index (χ3v) is 3.95. The molecule has 5 heteroatoms. The second-order valence-corrected chi connectivity index (χ2v) is 6.36. The van der Waals surface area contributed by atoms with Crippen molar-refractivity contribution in [3.8, 4) is 0 Å². The van der Waals surface area contributed by atoms with Crippen LogP contribution in [0.2, 0.25) is 0 Å². The summed E-state index contributed by atoms with van der Waals surface area (Å²) in [6.45, 7) is 6.42. The second-order valence-electron chi connectivity index (χ2n) is 5.11. The van der Waals surface area contributed by atoms with E-state index < -0.39 is 5.97 Å². The van der Waals surface area contributed by atoms with Crippen molar-refractivity contribution >= 4 is 28.6 Å². The number of carboxylic acids is 1. The van der Waals surface area contributed by atoms with Gasteiger partial charge in [0.05, 0.1) is 0 Å². The quantitative estimate of drug-likeness (QED) is 0.819. The average molecular weight is 362 g/mol. The zero-order valence-electron chi connectivity index (χ0n) is 10.6. The van der Waals surface area contributed by atoms with Crippen molar-refractivity contribution in [2.75, 3.05) is 19.6 Å². The van der Waals surface area contributed by atoms with Crippen molar-refractivity contribution in [2.45, 2.75) is 26.3 Å². The van der Waals surface area contributed by atoms with Gasteiger partial charge in [0.1, 0.15) is 5.69 Å². The summed E-state index contributed by atoms with van der Waals surface area (Å²) in [5.74, 6) is -0.365. The van der Waals surface area contributed by atoms with Crippen LogP contribution in [0.5, 0.6) is 0 Å². The Bertz CT molecular complexity index is 425. The molecule has 0 radical (unpaired) electrons. The summed E-state index contributed by atoms with van der Waals surface area (Å²) in [5, 5.41) is 9.14. The van der Waals surface area contributed by atoms with Crippen LogP contribution in [0.3, 0.4) is 0 Å². The predicted molar refractivity (Wildman–Crippen MR) is 78.9 cm³/mol. The maximum atomic E-state index is 11.1. The SMILES string of the molecule is CC(CN1CCCC1)Cn1cc(I)cc1C(=O)O. The average Bonchev–Trinajstić information content (AvgIpc) is 2.88. The molecule has 0 amide bonds. The van der Waals surface area contributed by atoms with E-state index in [4.69, 9.17) is 5.11 Å². The molecular weight excluding hydrogens is 343 g/mol. The highest BCUT2D eigenvalue weighted by Gasteiger charge is 2.17. The molecule has 18 heavy (non-hydrogen) atoms. The van der Waals surface area contributed by atoms with Gasteiger partial charge in [0.2, 0.25) is 0 Å². The van der Waals surface area contributed by atoms with E-state index >= 15 is 0 Å². The van der Waals surface area contributed by atoms with Gasteiger partial charge in [-0.2, -0.15) is 0 Å². The number of hydrogen-bond acceptors (Lipinski definition) is 2. The minimum absolute atomic E-state index is 0.396. The number of carbonyl (C=O) groups is 1. The first kappa shape index (κ1) is 13.9. The summed E-state index contributed by atoms with van der Waals surface area (Å²) in [7, 11) is 0. The maximum Gasteiger partial charge on any atom is 0.352 e. The molecule has 4 nitrogen and oxygen atoms in total. The third kappa shape index (κ3) is 3.47. The van der Waals surface area contributed by atoms with E-state index in [1.54, 1.807) is 6.07 Å². The van der Waals surface area contributed by atoms with Gasteiger partial charge in [-0.3, -0.25) is 0 Å². The van der Waals surface area contributed by atoms with Crippen LogP contribution in [0.1, 0.15) is 30.3 Å². The molecule has 100 valence electrons. The molecule has 1 fully saturated rings. The Balaban J connectivity index is 1.97. The van der Waals surface area contributed by atoms with Gasteiger partial charge in [-0.25, -0.2) is 4.79 Å². The minimum atomic E-state index is -0.841. The molecule has 2 rings (SSSR count).